The molecule has 0 radical (unpaired) electrons. The SMILES string of the molecule is CCSC1CCCC1NC(=O)C1NCCC1C. The summed E-state index contributed by atoms with van der Waals surface area (Å²) in [7, 11) is 0. The van der Waals surface area contributed by atoms with Crippen LogP contribution in [0.25, 0.3) is 0 Å². The van der Waals surface area contributed by atoms with E-state index in [0.29, 0.717) is 17.2 Å². The van der Waals surface area contributed by atoms with E-state index in [-0.39, 0.29) is 11.9 Å². The van der Waals surface area contributed by atoms with Crippen LogP contribution >= 0.6 is 11.8 Å². The number of thioether (sulfide) groups is 1. The number of carbonyl (C=O) groups is 1. The van der Waals surface area contributed by atoms with E-state index >= 15 is 0 Å². The maximum atomic E-state index is 12.2. The van der Waals surface area contributed by atoms with Gasteiger partial charge in [0.1, 0.15) is 0 Å². The van der Waals surface area contributed by atoms with Gasteiger partial charge in [-0.3, -0.25) is 4.79 Å². The number of amides is 1. The first-order valence-corrected chi connectivity index (χ1v) is 7.92. The van der Waals surface area contributed by atoms with E-state index < -0.39 is 0 Å². The summed E-state index contributed by atoms with van der Waals surface area (Å²) in [5, 5.41) is 7.21. The summed E-state index contributed by atoms with van der Waals surface area (Å²) in [6.07, 6.45) is 4.80. The zero-order valence-corrected chi connectivity index (χ0v) is 11.7. The molecule has 0 bridgehead atoms. The van der Waals surface area contributed by atoms with Gasteiger partial charge in [-0.1, -0.05) is 20.3 Å². The Labute approximate surface area is 108 Å². The molecule has 1 amide bonds. The molecule has 1 saturated carbocycles. The van der Waals surface area contributed by atoms with Crippen molar-refractivity contribution in [2.75, 3.05) is 12.3 Å². The third-order valence-corrected chi connectivity index (χ3v) is 5.30. The highest BCUT2D eigenvalue weighted by atomic mass is 32.2. The lowest BCUT2D eigenvalue weighted by atomic mass is 10.0. The first kappa shape index (κ1) is 13.2. The Kier molecular flexibility index (Phi) is 4.74. The van der Waals surface area contributed by atoms with Gasteiger partial charge in [0, 0.05) is 11.3 Å². The van der Waals surface area contributed by atoms with Crippen LogP contribution in [0.15, 0.2) is 0 Å². The fraction of sp³-hybridized carbons (Fsp3) is 0.923. The fourth-order valence-corrected chi connectivity index (χ4v) is 4.16. The molecule has 4 heteroatoms. The third-order valence-electron chi connectivity index (χ3n) is 3.98. The molecule has 2 rings (SSSR count). The first-order chi connectivity index (χ1) is 8.22. The van der Waals surface area contributed by atoms with Gasteiger partial charge in [0.2, 0.25) is 5.91 Å². The molecule has 3 nitrogen and oxygen atoms in total. The van der Waals surface area contributed by atoms with Crippen LogP contribution in [0.1, 0.15) is 39.5 Å². The van der Waals surface area contributed by atoms with Crippen LogP contribution in [0.4, 0.5) is 0 Å². The number of rotatable bonds is 4. The average molecular weight is 256 g/mol. The Balaban J connectivity index is 1.85. The maximum absolute atomic E-state index is 12.2. The molecular weight excluding hydrogens is 232 g/mol. The highest BCUT2D eigenvalue weighted by Crippen LogP contribution is 2.30. The van der Waals surface area contributed by atoms with Gasteiger partial charge in [-0.05, 0) is 37.5 Å². The lowest BCUT2D eigenvalue weighted by Gasteiger charge is -2.23. The van der Waals surface area contributed by atoms with E-state index in [4.69, 9.17) is 0 Å². The Morgan fingerprint density at radius 1 is 1.41 bits per heavy atom. The van der Waals surface area contributed by atoms with Crippen molar-refractivity contribution in [3.63, 3.8) is 0 Å². The predicted molar refractivity (Wildman–Crippen MR) is 73.3 cm³/mol. The minimum atomic E-state index is 0.0443. The summed E-state index contributed by atoms with van der Waals surface area (Å²) in [6.45, 7) is 5.34. The molecule has 1 saturated heterocycles. The van der Waals surface area contributed by atoms with Crippen molar-refractivity contribution in [2.45, 2.75) is 56.9 Å². The smallest absolute Gasteiger partial charge is 0.237 e. The second-order valence-electron chi connectivity index (χ2n) is 5.24. The average Bonchev–Trinajstić information content (AvgIpc) is 2.89. The lowest BCUT2D eigenvalue weighted by Crippen LogP contribution is -2.48. The second kappa shape index (κ2) is 6.10. The molecule has 2 N–H and O–H groups in total. The molecular formula is C13H24N2OS. The monoisotopic (exact) mass is 256 g/mol. The molecule has 1 aliphatic carbocycles. The number of carbonyl (C=O) groups excluding carboxylic acids is 1. The minimum absolute atomic E-state index is 0.0443. The summed E-state index contributed by atoms with van der Waals surface area (Å²) in [6, 6.07) is 0.449. The van der Waals surface area contributed by atoms with Crippen molar-refractivity contribution in [1.29, 1.82) is 0 Å². The van der Waals surface area contributed by atoms with Crippen LogP contribution < -0.4 is 10.6 Å². The molecule has 4 atom stereocenters. The number of hydrogen-bond acceptors (Lipinski definition) is 3. The molecule has 17 heavy (non-hydrogen) atoms. The van der Waals surface area contributed by atoms with E-state index in [1.807, 2.05) is 11.8 Å². The molecule has 4 unspecified atom stereocenters. The van der Waals surface area contributed by atoms with E-state index in [1.54, 1.807) is 0 Å². The Morgan fingerprint density at radius 3 is 2.88 bits per heavy atom. The predicted octanol–water partition coefficient (Wildman–Crippen LogP) is 1.77. The molecule has 0 spiro atoms. The first-order valence-electron chi connectivity index (χ1n) is 6.87. The van der Waals surface area contributed by atoms with E-state index in [9.17, 15) is 4.79 Å². The van der Waals surface area contributed by atoms with Gasteiger partial charge < -0.3 is 10.6 Å². The molecule has 98 valence electrons. The quantitative estimate of drug-likeness (QED) is 0.805. The van der Waals surface area contributed by atoms with Gasteiger partial charge >= 0.3 is 0 Å². The van der Waals surface area contributed by atoms with Gasteiger partial charge in [0.05, 0.1) is 6.04 Å². The van der Waals surface area contributed by atoms with E-state index in [2.05, 4.69) is 24.5 Å². The fourth-order valence-electron chi connectivity index (χ4n) is 2.96. The van der Waals surface area contributed by atoms with Crippen LogP contribution in [0.3, 0.4) is 0 Å². The summed E-state index contributed by atoms with van der Waals surface area (Å²) in [4.78, 5) is 12.2. The summed E-state index contributed by atoms with van der Waals surface area (Å²) in [5.41, 5.74) is 0. The van der Waals surface area contributed by atoms with Crippen LogP contribution in [-0.4, -0.2) is 35.5 Å². The highest BCUT2D eigenvalue weighted by molar-refractivity contribution is 7.99. The van der Waals surface area contributed by atoms with Gasteiger partial charge in [0.25, 0.3) is 0 Å². The van der Waals surface area contributed by atoms with Crippen LogP contribution in [-0.2, 0) is 4.79 Å². The second-order valence-corrected chi connectivity index (χ2v) is 6.75. The molecule has 0 aromatic carbocycles. The zero-order valence-electron chi connectivity index (χ0n) is 10.9. The molecule has 1 aliphatic heterocycles. The Hall–Kier alpha value is -0.220. The minimum Gasteiger partial charge on any atom is -0.351 e. The molecule has 0 aromatic rings. The summed E-state index contributed by atoms with van der Waals surface area (Å²) in [5.74, 6) is 1.85. The van der Waals surface area contributed by atoms with Crippen molar-refractivity contribution in [3.05, 3.63) is 0 Å². The molecule has 1 heterocycles. The Bertz CT molecular complexity index is 272. The summed E-state index contributed by atoms with van der Waals surface area (Å²) < 4.78 is 0. The van der Waals surface area contributed by atoms with Crippen molar-refractivity contribution in [1.82, 2.24) is 10.6 Å². The topological polar surface area (TPSA) is 41.1 Å². The molecule has 2 fully saturated rings. The van der Waals surface area contributed by atoms with Crippen LogP contribution in [0.2, 0.25) is 0 Å². The zero-order chi connectivity index (χ0) is 12.3. The number of hydrogen-bond donors (Lipinski definition) is 2. The van der Waals surface area contributed by atoms with Gasteiger partial charge in [-0.25, -0.2) is 0 Å². The lowest BCUT2D eigenvalue weighted by molar-refractivity contribution is -0.124. The molecule has 0 aromatic heterocycles. The normalized spacial score (nSPS) is 37.3. The van der Waals surface area contributed by atoms with Crippen LogP contribution in [0.5, 0.6) is 0 Å². The maximum Gasteiger partial charge on any atom is 0.237 e. The van der Waals surface area contributed by atoms with Crippen molar-refractivity contribution < 1.29 is 4.79 Å². The van der Waals surface area contributed by atoms with Crippen molar-refractivity contribution in [3.8, 4) is 0 Å². The summed E-state index contributed by atoms with van der Waals surface area (Å²) >= 11 is 2.00. The standard InChI is InChI=1S/C13H24N2OS/c1-3-17-11-6-4-5-10(11)15-13(16)12-9(2)7-8-14-12/h9-12,14H,3-8H2,1-2H3,(H,15,16). The molecule has 2 aliphatic rings. The van der Waals surface area contributed by atoms with Gasteiger partial charge in [-0.15, -0.1) is 0 Å². The van der Waals surface area contributed by atoms with Gasteiger partial charge in [0.15, 0.2) is 0 Å². The largest absolute Gasteiger partial charge is 0.351 e. The van der Waals surface area contributed by atoms with Crippen molar-refractivity contribution >= 4 is 17.7 Å². The van der Waals surface area contributed by atoms with Crippen LogP contribution in [0, 0.1) is 5.92 Å². The Morgan fingerprint density at radius 2 is 2.24 bits per heavy atom. The number of nitrogens with one attached hydrogen (secondary N) is 2. The highest BCUT2D eigenvalue weighted by Gasteiger charge is 2.34. The van der Waals surface area contributed by atoms with Gasteiger partial charge in [-0.2, -0.15) is 11.8 Å². The van der Waals surface area contributed by atoms with E-state index in [1.165, 1.54) is 12.8 Å². The third kappa shape index (κ3) is 3.16. The van der Waals surface area contributed by atoms with Crippen molar-refractivity contribution in [2.24, 2.45) is 5.92 Å². The van der Waals surface area contributed by atoms with E-state index in [0.717, 1.165) is 25.1 Å².